The summed E-state index contributed by atoms with van der Waals surface area (Å²) in [5.74, 6) is 0.349. The van der Waals surface area contributed by atoms with E-state index in [4.69, 9.17) is 0 Å². The molecule has 3 rings (SSSR count). The zero-order chi connectivity index (χ0) is 17.3. The highest BCUT2D eigenvalue weighted by Crippen LogP contribution is 2.30. The van der Waals surface area contributed by atoms with Crippen molar-refractivity contribution in [2.75, 3.05) is 6.54 Å². The summed E-state index contributed by atoms with van der Waals surface area (Å²) in [6.45, 7) is 4.19. The van der Waals surface area contributed by atoms with Crippen molar-refractivity contribution in [3.63, 3.8) is 0 Å². The molecule has 0 radical (unpaired) electrons. The number of thiophene rings is 1. The standard InChI is InChI=1S/C17H22N2O3S2/c1-11(2)19-24(21,22)14-5-6-16-15(9-14)13(10-23-16)7-8-18-17(20)12-3-4-12/h5-6,9-12,19H,3-4,7-8H2,1-2H3,(H,18,20). The molecule has 1 aromatic heterocycles. The predicted molar refractivity (Wildman–Crippen MR) is 96.7 cm³/mol. The molecule has 1 heterocycles. The van der Waals surface area contributed by atoms with Gasteiger partial charge in [-0.25, -0.2) is 13.1 Å². The van der Waals surface area contributed by atoms with Gasteiger partial charge in [0.1, 0.15) is 0 Å². The smallest absolute Gasteiger partial charge is 0.240 e. The van der Waals surface area contributed by atoms with Gasteiger partial charge in [0.15, 0.2) is 0 Å². The van der Waals surface area contributed by atoms with Gasteiger partial charge in [-0.1, -0.05) is 0 Å². The average Bonchev–Trinajstić information content (AvgIpc) is 3.28. The molecule has 2 N–H and O–H groups in total. The van der Waals surface area contributed by atoms with Gasteiger partial charge in [-0.15, -0.1) is 11.3 Å². The van der Waals surface area contributed by atoms with E-state index in [1.807, 2.05) is 11.4 Å². The zero-order valence-corrected chi connectivity index (χ0v) is 15.5. The second kappa shape index (κ2) is 6.82. The van der Waals surface area contributed by atoms with Gasteiger partial charge in [0.25, 0.3) is 0 Å². The van der Waals surface area contributed by atoms with Crippen molar-refractivity contribution < 1.29 is 13.2 Å². The summed E-state index contributed by atoms with van der Waals surface area (Å²) in [6.07, 6.45) is 2.70. The minimum Gasteiger partial charge on any atom is -0.356 e. The molecule has 0 bridgehead atoms. The van der Waals surface area contributed by atoms with Crippen molar-refractivity contribution in [3.8, 4) is 0 Å². The molecule has 130 valence electrons. The normalized spacial score (nSPS) is 15.1. The second-order valence-corrected chi connectivity index (χ2v) is 9.14. The fourth-order valence-corrected chi connectivity index (χ4v) is 4.86. The molecule has 5 nitrogen and oxygen atoms in total. The highest BCUT2D eigenvalue weighted by molar-refractivity contribution is 7.89. The first-order valence-electron chi connectivity index (χ1n) is 8.17. The molecule has 1 fully saturated rings. The maximum Gasteiger partial charge on any atom is 0.240 e. The Hall–Kier alpha value is -1.44. The first-order chi connectivity index (χ1) is 11.4. The van der Waals surface area contributed by atoms with Gasteiger partial charge in [0.05, 0.1) is 4.90 Å². The Labute approximate surface area is 146 Å². The van der Waals surface area contributed by atoms with Gasteiger partial charge < -0.3 is 5.32 Å². The Morgan fingerprint density at radius 3 is 2.75 bits per heavy atom. The van der Waals surface area contributed by atoms with Gasteiger partial charge in [-0.3, -0.25) is 4.79 Å². The molecule has 1 amide bonds. The number of amides is 1. The lowest BCUT2D eigenvalue weighted by Crippen LogP contribution is -2.30. The van der Waals surface area contributed by atoms with Gasteiger partial charge in [-0.05, 0) is 67.6 Å². The summed E-state index contributed by atoms with van der Waals surface area (Å²) >= 11 is 1.60. The largest absolute Gasteiger partial charge is 0.356 e. The van der Waals surface area contributed by atoms with Crippen LogP contribution in [0.4, 0.5) is 0 Å². The number of hydrogen-bond donors (Lipinski definition) is 2. The molecular formula is C17H22N2O3S2. The number of benzene rings is 1. The summed E-state index contributed by atoms with van der Waals surface area (Å²) in [5, 5.41) is 5.95. The molecule has 1 saturated carbocycles. The Bertz CT molecular complexity index is 852. The number of sulfonamides is 1. The van der Waals surface area contributed by atoms with Crippen LogP contribution in [0.25, 0.3) is 10.1 Å². The van der Waals surface area contributed by atoms with Crippen LogP contribution < -0.4 is 10.0 Å². The van der Waals surface area contributed by atoms with Crippen molar-refractivity contribution in [3.05, 3.63) is 29.1 Å². The molecule has 1 aliphatic carbocycles. The van der Waals surface area contributed by atoms with Crippen molar-refractivity contribution in [2.24, 2.45) is 5.92 Å². The fourth-order valence-electron chi connectivity index (χ4n) is 2.61. The number of hydrogen-bond acceptors (Lipinski definition) is 4. The lowest BCUT2D eigenvalue weighted by atomic mass is 10.1. The van der Waals surface area contributed by atoms with E-state index in [1.54, 1.807) is 37.3 Å². The summed E-state index contributed by atoms with van der Waals surface area (Å²) < 4.78 is 28.3. The molecule has 2 aromatic rings. The van der Waals surface area contributed by atoms with Crippen LogP contribution in [-0.4, -0.2) is 26.9 Å². The zero-order valence-electron chi connectivity index (χ0n) is 13.8. The number of nitrogens with one attached hydrogen (secondary N) is 2. The SMILES string of the molecule is CC(C)NS(=O)(=O)c1ccc2scc(CCNC(=O)C3CC3)c2c1. The minimum absolute atomic E-state index is 0.138. The number of fused-ring (bicyclic) bond motifs is 1. The first kappa shape index (κ1) is 17.4. The van der Waals surface area contributed by atoms with E-state index in [-0.39, 0.29) is 22.8 Å². The van der Waals surface area contributed by atoms with Gasteiger partial charge in [-0.2, -0.15) is 0 Å². The van der Waals surface area contributed by atoms with Gasteiger partial charge >= 0.3 is 0 Å². The quantitative estimate of drug-likeness (QED) is 0.791. The summed E-state index contributed by atoms with van der Waals surface area (Å²) in [4.78, 5) is 12.0. The lowest BCUT2D eigenvalue weighted by Gasteiger charge is -2.10. The maximum absolute atomic E-state index is 12.3. The maximum atomic E-state index is 12.3. The minimum atomic E-state index is -3.50. The van der Waals surface area contributed by atoms with E-state index in [1.165, 1.54) is 0 Å². The third-order valence-electron chi connectivity index (χ3n) is 3.97. The Balaban J connectivity index is 1.77. The van der Waals surface area contributed by atoms with E-state index in [0.29, 0.717) is 13.0 Å². The third kappa shape index (κ3) is 3.96. The molecule has 0 aliphatic heterocycles. The van der Waals surface area contributed by atoms with Crippen LogP contribution in [0.2, 0.25) is 0 Å². The monoisotopic (exact) mass is 366 g/mol. The second-order valence-electron chi connectivity index (χ2n) is 6.51. The van der Waals surface area contributed by atoms with Crippen LogP contribution in [-0.2, 0) is 21.2 Å². The number of carbonyl (C=O) groups is 1. The average molecular weight is 367 g/mol. The first-order valence-corrected chi connectivity index (χ1v) is 10.5. The van der Waals surface area contributed by atoms with Gasteiger partial charge in [0.2, 0.25) is 15.9 Å². The van der Waals surface area contributed by atoms with Gasteiger partial charge in [0, 0.05) is 23.2 Å². The van der Waals surface area contributed by atoms with E-state index in [2.05, 4.69) is 10.0 Å². The number of carbonyl (C=O) groups excluding carboxylic acids is 1. The molecule has 0 atom stereocenters. The molecule has 0 spiro atoms. The van der Waals surface area contributed by atoms with Crippen molar-refractivity contribution >= 4 is 37.4 Å². The van der Waals surface area contributed by atoms with Crippen LogP contribution >= 0.6 is 11.3 Å². The fraction of sp³-hybridized carbons (Fsp3) is 0.471. The highest BCUT2D eigenvalue weighted by Gasteiger charge is 2.29. The highest BCUT2D eigenvalue weighted by atomic mass is 32.2. The van der Waals surface area contributed by atoms with E-state index >= 15 is 0 Å². The van der Waals surface area contributed by atoms with Crippen LogP contribution in [0.5, 0.6) is 0 Å². The van der Waals surface area contributed by atoms with Crippen molar-refractivity contribution in [1.82, 2.24) is 10.0 Å². The topological polar surface area (TPSA) is 75.3 Å². The molecule has 1 aliphatic rings. The van der Waals surface area contributed by atoms with E-state index < -0.39 is 10.0 Å². The van der Waals surface area contributed by atoms with Crippen molar-refractivity contribution in [2.45, 2.75) is 44.0 Å². The van der Waals surface area contributed by atoms with Crippen LogP contribution in [0.1, 0.15) is 32.3 Å². The predicted octanol–water partition coefficient (Wildman–Crippen LogP) is 2.66. The number of rotatable bonds is 7. The third-order valence-corrected chi connectivity index (χ3v) is 6.64. The summed E-state index contributed by atoms with van der Waals surface area (Å²) in [5.41, 5.74) is 1.08. The van der Waals surface area contributed by atoms with Crippen LogP contribution in [0.3, 0.4) is 0 Å². The van der Waals surface area contributed by atoms with Crippen LogP contribution in [0.15, 0.2) is 28.5 Å². The molecule has 0 saturated heterocycles. The Morgan fingerprint density at radius 2 is 2.08 bits per heavy atom. The Kier molecular flexibility index (Phi) is 4.94. The van der Waals surface area contributed by atoms with Crippen molar-refractivity contribution in [1.29, 1.82) is 0 Å². The molecular weight excluding hydrogens is 344 g/mol. The van der Waals surface area contributed by atoms with E-state index in [0.717, 1.165) is 28.5 Å². The Morgan fingerprint density at radius 1 is 1.33 bits per heavy atom. The molecule has 7 heteroatoms. The molecule has 0 unspecified atom stereocenters. The summed E-state index contributed by atoms with van der Waals surface area (Å²) in [7, 11) is -3.50. The van der Waals surface area contributed by atoms with Crippen LogP contribution in [0, 0.1) is 5.92 Å². The summed E-state index contributed by atoms with van der Waals surface area (Å²) in [6, 6.07) is 5.07. The van der Waals surface area contributed by atoms with E-state index in [9.17, 15) is 13.2 Å². The molecule has 24 heavy (non-hydrogen) atoms. The molecule has 1 aromatic carbocycles. The lowest BCUT2D eigenvalue weighted by molar-refractivity contribution is -0.122.